The SMILES string of the molecule is N#Cc1cc2ccc(C(=O)Cn3nnc(CCl)n3)cc2o1. The molecule has 0 fully saturated rings. The Morgan fingerprint density at radius 2 is 2.29 bits per heavy atom. The van der Waals surface area contributed by atoms with Gasteiger partial charge in [-0.15, -0.1) is 21.8 Å². The number of nitrogens with zero attached hydrogens (tertiary/aromatic N) is 5. The van der Waals surface area contributed by atoms with Gasteiger partial charge in [0, 0.05) is 17.0 Å². The summed E-state index contributed by atoms with van der Waals surface area (Å²) in [6, 6.07) is 8.53. The Hall–Kier alpha value is -2.72. The molecule has 104 valence electrons. The van der Waals surface area contributed by atoms with Gasteiger partial charge in [-0.2, -0.15) is 10.1 Å². The lowest BCUT2D eigenvalue weighted by Crippen LogP contribution is -2.13. The van der Waals surface area contributed by atoms with Crippen LogP contribution in [-0.2, 0) is 12.4 Å². The van der Waals surface area contributed by atoms with Crippen LogP contribution >= 0.6 is 11.6 Å². The molecule has 7 nitrogen and oxygen atoms in total. The van der Waals surface area contributed by atoms with Crippen molar-refractivity contribution in [3.05, 3.63) is 41.4 Å². The number of tetrazole rings is 1. The number of benzene rings is 1. The van der Waals surface area contributed by atoms with E-state index in [1.54, 1.807) is 24.3 Å². The summed E-state index contributed by atoms with van der Waals surface area (Å²) in [6.07, 6.45) is 0. The minimum Gasteiger partial charge on any atom is -0.446 e. The Labute approximate surface area is 123 Å². The third-order valence-corrected chi connectivity index (χ3v) is 3.09. The van der Waals surface area contributed by atoms with Gasteiger partial charge in [0.05, 0.1) is 5.88 Å². The van der Waals surface area contributed by atoms with Crippen LogP contribution in [0.25, 0.3) is 11.0 Å². The molecule has 0 aliphatic rings. The van der Waals surface area contributed by atoms with Crippen LogP contribution in [0.4, 0.5) is 0 Å². The topological polar surface area (TPSA) is 97.6 Å². The number of rotatable bonds is 4. The normalized spacial score (nSPS) is 10.7. The van der Waals surface area contributed by atoms with E-state index in [-0.39, 0.29) is 24.0 Å². The second-order valence-corrected chi connectivity index (χ2v) is 4.54. The predicted molar refractivity (Wildman–Crippen MR) is 72.6 cm³/mol. The third kappa shape index (κ3) is 2.61. The zero-order chi connectivity index (χ0) is 14.8. The van der Waals surface area contributed by atoms with Crippen LogP contribution < -0.4 is 0 Å². The van der Waals surface area contributed by atoms with Crippen molar-refractivity contribution in [3.63, 3.8) is 0 Å². The summed E-state index contributed by atoms with van der Waals surface area (Å²) in [6.45, 7) is -0.0405. The second kappa shape index (κ2) is 5.34. The number of carbonyl (C=O) groups excluding carboxylic acids is 1. The second-order valence-electron chi connectivity index (χ2n) is 4.27. The monoisotopic (exact) mass is 301 g/mol. The van der Waals surface area contributed by atoms with E-state index in [2.05, 4.69) is 15.4 Å². The Kier molecular flexibility index (Phi) is 3.38. The van der Waals surface area contributed by atoms with Gasteiger partial charge in [0.25, 0.3) is 0 Å². The van der Waals surface area contributed by atoms with Gasteiger partial charge < -0.3 is 4.42 Å². The van der Waals surface area contributed by atoms with Gasteiger partial charge in [-0.05, 0) is 11.3 Å². The first-order valence-corrected chi connectivity index (χ1v) is 6.52. The third-order valence-electron chi connectivity index (χ3n) is 2.85. The number of carbonyl (C=O) groups is 1. The first kappa shape index (κ1) is 13.3. The Balaban J connectivity index is 1.85. The van der Waals surface area contributed by atoms with Gasteiger partial charge in [0.15, 0.2) is 11.6 Å². The number of furan rings is 1. The lowest BCUT2D eigenvalue weighted by atomic mass is 10.1. The fourth-order valence-corrected chi connectivity index (χ4v) is 1.98. The number of nitriles is 1. The summed E-state index contributed by atoms with van der Waals surface area (Å²) in [5, 5.41) is 20.9. The van der Waals surface area contributed by atoms with E-state index >= 15 is 0 Å². The summed E-state index contributed by atoms with van der Waals surface area (Å²) in [7, 11) is 0. The molecule has 0 saturated heterocycles. The number of alkyl halides is 1. The van der Waals surface area contributed by atoms with Crippen LogP contribution in [-0.4, -0.2) is 26.0 Å². The molecular formula is C13H8ClN5O2. The van der Waals surface area contributed by atoms with Crippen molar-refractivity contribution >= 4 is 28.4 Å². The number of hydrogen-bond acceptors (Lipinski definition) is 6. The van der Waals surface area contributed by atoms with E-state index in [1.165, 1.54) is 4.80 Å². The maximum absolute atomic E-state index is 12.2. The molecular weight excluding hydrogens is 294 g/mol. The minimum absolute atomic E-state index is 0.0405. The molecule has 21 heavy (non-hydrogen) atoms. The fraction of sp³-hybridized carbons (Fsp3) is 0.154. The van der Waals surface area contributed by atoms with Crippen molar-refractivity contribution in [1.82, 2.24) is 20.2 Å². The molecule has 0 amide bonds. The maximum atomic E-state index is 12.2. The van der Waals surface area contributed by atoms with Crippen LogP contribution in [0.5, 0.6) is 0 Å². The van der Waals surface area contributed by atoms with E-state index in [1.807, 2.05) is 6.07 Å². The highest BCUT2D eigenvalue weighted by Crippen LogP contribution is 2.20. The molecule has 0 spiro atoms. The highest BCUT2D eigenvalue weighted by Gasteiger charge is 2.12. The highest BCUT2D eigenvalue weighted by atomic mass is 35.5. The van der Waals surface area contributed by atoms with E-state index < -0.39 is 0 Å². The Morgan fingerprint density at radius 1 is 1.43 bits per heavy atom. The Morgan fingerprint density at radius 3 is 3.00 bits per heavy atom. The number of hydrogen-bond donors (Lipinski definition) is 0. The lowest BCUT2D eigenvalue weighted by molar-refractivity contribution is 0.0961. The summed E-state index contributed by atoms with van der Waals surface area (Å²) >= 11 is 5.57. The van der Waals surface area contributed by atoms with E-state index in [4.69, 9.17) is 21.3 Å². The van der Waals surface area contributed by atoms with Gasteiger partial charge in [-0.1, -0.05) is 12.1 Å². The molecule has 2 heterocycles. The molecule has 0 atom stereocenters. The largest absolute Gasteiger partial charge is 0.446 e. The first-order valence-electron chi connectivity index (χ1n) is 5.99. The molecule has 0 aliphatic heterocycles. The van der Waals surface area contributed by atoms with Crippen molar-refractivity contribution < 1.29 is 9.21 Å². The number of ketones is 1. The van der Waals surface area contributed by atoms with Crippen molar-refractivity contribution in [1.29, 1.82) is 5.26 Å². The van der Waals surface area contributed by atoms with Crippen LogP contribution in [0.15, 0.2) is 28.7 Å². The summed E-state index contributed by atoms with van der Waals surface area (Å²) < 4.78 is 5.30. The average molecular weight is 302 g/mol. The van der Waals surface area contributed by atoms with Gasteiger partial charge in [0.1, 0.15) is 18.2 Å². The molecule has 0 bridgehead atoms. The molecule has 1 aromatic carbocycles. The van der Waals surface area contributed by atoms with Crippen molar-refractivity contribution in [2.75, 3.05) is 0 Å². The van der Waals surface area contributed by atoms with Crippen LogP contribution in [0.3, 0.4) is 0 Å². The quantitative estimate of drug-likeness (QED) is 0.539. The molecule has 0 N–H and O–H groups in total. The van der Waals surface area contributed by atoms with E-state index in [0.717, 1.165) is 5.39 Å². The maximum Gasteiger partial charge on any atom is 0.204 e. The van der Waals surface area contributed by atoms with E-state index in [9.17, 15) is 4.79 Å². The first-order chi connectivity index (χ1) is 10.2. The number of aromatic nitrogens is 4. The van der Waals surface area contributed by atoms with E-state index in [0.29, 0.717) is 17.0 Å². The Bertz CT molecular complexity index is 861. The number of halogens is 1. The minimum atomic E-state index is -0.190. The van der Waals surface area contributed by atoms with Crippen molar-refractivity contribution in [2.24, 2.45) is 0 Å². The summed E-state index contributed by atoms with van der Waals surface area (Å²) in [4.78, 5) is 13.4. The fourth-order valence-electron chi connectivity index (χ4n) is 1.88. The van der Waals surface area contributed by atoms with Gasteiger partial charge in [-0.25, -0.2) is 0 Å². The van der Waals surface area contributed by atoms with Crippen LogP contribution in [0.2, 0.25) is 0 Å². The average Bonchev–Trinajstić information content (AvgIpc) is 3.11. The zero-order valence-corrected chi connectivity index (χ0v) is 11.4. The molecule has 0 unspecified atom stereocenters. The van der Waals surface area contributed by atoms with Crippen molar-refractivity contribution in [2.45, 2.75) is 12.4 Å². The van der Waals surface area contributed by atoms with Gasteiger partial charge in [0.2, 0.25) is 5.76 Å². The zero-order valence-electron chi connectivity index (χ0n) is 10.7. The highest BCUT2D eigenvalue weighted by molar-refractivity contribution is 6.16. The summed E-state index contributed by atoms with van der Waals surface area (Å²) in [5.41, 5.74) is 0.941. The van der Waals surface area contributed by atoms with Crippen molar-refractivity contribution in [3.8, 4) is 6.07 Å². The molecule has 0 radical (unpaired) electrons. The van der Waals surface area contributed by atoms with Gasteiger partial charge in [-0.3, -0.25) is 4.79 Å². The molecule has 3 rings (SSSR count). The van der Waals surface area contributed by atoms with Crippen LogP contribution in [0, 0.1) is 11.3 Å². The molecule has 2 aromatic heterocycles. The molecule has 3 aromatic rings. The lowest BCUT2D eigenvalue weighted by Gasteiger charge is -1.99. The predicted octanol–water partition coefficient (Wildman–Crippen LogP) is 1.91. The number of fused-ring (bicyclic) bond motifs is 1. The smallest absolute Gasteiger partial charge is 0.204 e. The molecule has 0 aliphatic carbocycles. The molecule has 8 heteroatoms. The van der Waals surface area contributed by atoms with Crippen LogP contribution in [0.1, 0.15) is 21.9 Å². The summed E-state index contributed by atoms with van der Waals surface area (Å²) in [5.74, 6) is 0.526. The number of Topliss-reactive ketones (excluding diaryl/α,β-unsaturated/α-hetero) is 1. The van der Waals surface area contributed by atoms with Gasteiger partial charge >= 0.3 is 0 Å². The standard InChI is InChI=1S/C13H8ClN5O2/c14-5-13-16-18-19(17-13)7-11(20)8-1-2-9-3-10(6-15)21-12(9)4-8/h1-4H,5,7H2. The molecule has 0 saturated carbocycles.